The van der Waals surface area contributed by atoms with E-state index in [2.05, 4.69) is 19.9 Å². The van der Waals surface area contributed by atoms with Gasteiger partial charge in [0.2, 0.25) is 23.6 Å². The largest absolute Gasteiger partial charge is 0.459 e. The summed E-state index contributed by atoms with van der Waals surface area (Å²) in [5, 5.41) is 11.6. The first kappa shape index (κ1) is 32.6. The van der Waals surface area contributed by atoms with Gasteiger partial charge >= 0.3 is 23.9 Å². The van der Waals surface area contributed by atoms with Crippen LogP contribution in [0.5, 0.6) is 0 Å². The normalized spacial score (nSPS) is 20.2. The van der Waals surface area contributed by atoms with Gasteiger partial charge in [-0.2, -0.15) is 13.2 Å². The molecule has 0 saturated carbocycles. The molecule has 0 radical (unpaired) electrons. The standard InChI is InChI=1S/C30H21F3N4O10/c31-23-17(6-2-10-35-23)27(39)43-14-20-21(45-26(38)16-5-1-9-34-13-16)22(46-29(41)19-8-4-12-37-25(19)33)30(42,47-20)15-44-28(40)18-7-3-11-36-24(18)32/h1-13,20-22,42H,14-15H2/t20-,21-,22+,30-/m1/s1. The first-order valence-corrected chi connectivity index (χ1v) is 13.5. The molecule has 5 rings (SSSR count). The predicted octanol–water partition coefficient (Wildman–Crippen LogP) is 2.24. The zero-order chi connectivity index (χ0) is 33.6. The third-order valence-electron chi connectivity index (χ3n) is 6.56. The Bertz CT molecular complexity index is 1800. The molecule has 14 nitrogen and oxygen atoms in total. The van der Waals surface area contributed by atoms with Crippen LogP contribution in [0.2, 0.25) is 0 Å². The number of halogens is 3. The highest BCUT2D eigenvalue weighted by Crippen LogP contribution is 2.36. The van der Waals surface area contributed by atoms with Crippen molar-refractivity contribution in [3.63, 3.8) is 0 Å². The Balaban J connectivity index is 1.48. The number of rotatable bonds is 10. The topological polar surface area (TPSA) is 186 Å². The van der Waals surface area contributed by atoms with Gasteiger partial charge in [0.05, 0.1) is 5.56 Å². The summed E-state index contributed by atoms with van der Waals surface area (Å²) in [6.45, 7) is -2.07. The first-order chi connectivity index (χ1) is 22.6. The summed E-state index contributed by atoms with van der Waals surface area (Å²) in [6.07, 6.45) is 0.000164. The number of hydrogen-bond acceptors (Lipinski definition) is 14. The van der Waals surface area contributed by atoms with Gasteiger partial charge in [0.15, 0.2) is 12.2 Å². The van der Waals surface area contributed by atoms with Crippen LogP contribution in [0.4, 0.5) is 13.2 Å². The van der Waals surface area contributed by atoms with Gasteiger partial charge in [-0.05, 0) is 48.5 Å². The monoisotopic (exact) mass is 654 g/mol. The highest BCUT2D eigenvalue weighted by Gasteiger charge is 2.60. The lowest BCUT2D eigenvalue weighted by Crippen LogP contribution is -2.51. The van der Waals surface area contributed by atoms with Crippen molar-refractivity contribution in [1.82, 2.24) is 19.9 Å². The second kappa shape index (κ2) is 14.1. The molecular weight excluding hydrogens is 633 g/mol. The lowest BCUT2D eigenvalue weighted by atomic mass is 10.0. The third kappa shape index (κ3) is 7.37. The van der Waals surface area contributed by atoms with Crippen LogP contribution in [-0.4, -0.2) is 86.2 Å². The maximum atomic E-state index is 14.4. The molecule has 4 aromatic rings. The lowest BCUT2D eigenvalue weighted by molar-refractivity contribution is -0.247. The van der Waals surface area contributed by atoms with Crippen molar-refractivity contribution in [1.29, 1.82) is 0 Å². The Morgan fingerprint density at radius 1 is 0.723 bits per heavy atom. The average molecular weight is 655 g/mol. The van der Waals surface area contributed by atoms with Crippen molar-refractivity contribution in [2.75, 3.05) is 13.2 Å². The predicted molar refractivity (Wildman–Crippen MR) is 146 cm³/mol. The maximum absolute atomic E-state index is 14.4. The highest BCUT2D eigenvalue weighted by atomic mass is 19.1. The number of pyridine rings is 4. The van der Waals surface area contributed by atoms with Gasteiger partial charge in [0.1, 0.15) is 36.0 Å². The molecule has 0 bridgehead atoms. The Kier molecular flexibility index (Phi) is 9.77. The zero-order valence-corrected chi connectivity index (χ0v) is 23.7. The molecule has 242 valence electrons. The molecule has 5 heterocycles. The van der Waals surface area contributed by atoms with E-state index in [0.717, 1.165) is 43.0 Å². The number of esters is 4. The van der Waals surface area contributed by atoms with Crippen LogP contribution in [0.1, 0.15) is 41.4 Å². The van der Waals surface area contributed by atoms with E-state index in [4.69, 9.17) is 23.7 Å². The van der Waals surface area contributed by atoms with Crippen LogP contribution in [0.25, 0.3) is 0 Å². The Labute approximate surface area is 262 Å². The molecule has 4 aromatic heterocycles. The van der Waals surface area contributed by atoms with Gasteiger partial charge < -0.3 is 28.8 Å². The van der Waals surface area contributed by atoms with Crippen molar-refractivity contribution in [3.05, 3.63) is 120 Å². The molecule has 1 saturated heterocycles. The quantitative estimate of drug-likeness (QED) is 0.149. The van der Waals surface area contributed by atoms with Gasteiger partial charge in [-0.3, -0.25) is 4.98 Å². The molecule has 0 amide bonds. The maximum Gasteiger partial charge on any atom is 0.343 e. The Morgan fingerprint density at radius 3 is 1.79 bits per heavy atom. The number of aliphatic hydroxyl groups is 1. The van der Waals surface area contributed by atoms with Crippen molar-refractivity contribution < 1.29 is 61.1 Å². The Morgan fingerprint density at radius 2 is 1.26 bits per heavy atom. The molecule has 1 aliphatic heterocycles. The lowest BCUT2D eigenvalue weighted by Gasteiger charge is -2.29. The van der Waals surface area contributed by atoms with Crippen LogP contribution in [0, 0.1) is 17.8 Å². The van der Waals surface area contributed by atoms with Gasteiger partial charge in [0.25, 0.3) is 0 Å². The minimum absolute atomic E-state index is 0.113. The molecule has 1 aliphatic rings. The van der Waals surface area contributed by atoms with Crippen LogP contribution in [-0.2, 0) is 23.7 Å². The molecule has 17 heteroatoms. The number of nitrogens with zero attached hydrogens (tertiary/aromatic N) is 4. The molecule has 0 unspecified atom stereocenters. The molecule has 1 fully saturated rings. The van der Waals surface area contributed by atoms with Gasteiger partial charge in [-0.25, -0.2) is 34.1 Å². The SMILES string of the molecule is O=C(O[C@@H]1[C@@H](COC(=O)c2cccnc2F)O[C@](O)(COC(=O)c2cccnc2F)[C@H]1OC(=O)c1cccnc1F)c1cccnc1. The van der Waals surface area contributed by atoms with Crippen LogP contribution >= 0.6 is 0 Å². The van der Waals surface area contributed by atoms with E-state index in [9.17, 15) is 37.5 Å². The number of aromatic nitrogens is 4. The van der Waals surface area contributed by atoms with Crippen LogP contribution in [0.15, 0.2) is 79.5 Å². The fourth-order valence-corrected chi connectivity index (χ4v) is 4.34. The van der Waals surface area contributed by atoms with E-state index in [-0.39, 0.29) is 5.56 Å². The summed E-state index contributed by atoms with van der Waals surface area (Å²) >= 11 is 0. The van der Waals surface area contributed by atoms with Gasteiger partial charge in [-0.15, -0.1) is 0 Å². The highest BCUT2D eigenvalue weighted by molar-refractivity contribution is 5.91. The molecule has 0 aliphatic carbocycles. The fraction of sp³-hybridized carbons (Fsp3) is 0.200. The fourth-order valence-electron chi connectivity index (χ4n) is 4.34. The Hall–Kier alpha value is -5.81. The summed E-state index contributed by atoms with van der Waals surface area (Å²) < 4.78 is 69.3. The molecular formula is C30H21F3N4O10. The number of carbonyl (C=O) groups is 4. The van der Waals surface area contributed by atoms with Crippen LogP contribution in [0.3, 0.4) is 0 Å². The van der Waals surface area contributed by atoms with E-state index in [1.807, 2.05) is 0 Å². The molecule has 0 aromatic carbocycles. The van der Waals surface area contributed by atoms with Crippen molar-refractivity contribution in [3.8, 4) is 0 Å². The van der Waals surface area contributed by atoms with Gasteiger partial charge in [0, 0.05) is 31.0 Å². The molecule has 1 N–H and O–H groups in total. The van der Waals surface area contributed by atoms with Crippen molar-refractivity contribution in [2.45, 2.75) is 24.1 Å². The minimum atomic E-state index is -2.90. The van der Waals surface area contributed by atoms with Crippen molar-refractivity contribution >= 4 is 23.9 Å². The van der Waals surface area contributed by atoms with E-state index in [0.29, 0.717) is 0 Å². The number of ether oxygens (including phenoxy) is 5. The summed E-state index contributed by atoms with van der Waals surface area (Å²) in [5.74, 6) is -11.6. The smallest absolute Gasteiger partial charge is 0.343 e. The second-order valence-corrected chi connectivity index (χ2v) is 9.64. The van der Waals surface area contributed by atoms with E-state index >= 15 is 0 Å². The summed E-state index contributed by atoms with van der Waals surface area (Å²) in [4.78, 5) is 65.3. The number of hydrogen-bond donors (Lipinski definition) is 1. The van der Waals surface area contributed by atoms with Gasteiger partial charge in [-0.1, -0.05) is 0 Å². The average Bonchev–Trinajstić information content (AvgIpc) is 3.33. The van der Waals surface area contributed by atoms with E-state index in [1.165, 1.54) is 36.5 Å². The molecule has 4 atom stereocenters. The summed E-state index contributed by atoms with van der Waals surface area (Å²) in [5.41, 5.74) is -2.03. The van der Waals surface area contributed by atoms with E-state index in [1.54, 1.807) is 0 Å². The second-order valence-electron chi connectivity index (χ2n) is 9.64. The number of carbonyl (C=O) groups excluding carboxylic acids is 4. The minimum Gasteiger partial charge on any atom is -0.459 e. The summed E-state index contributed by atoms with van der Waals surface area (Å²) in [6, 6.07) is 9.52. The van der Waals surface area contributed by atoms with E-state index < -0.39 is 95.7 Å². The molecule has 47 heavy (non-hydrogen) atoms. The first-order valence-electron chi connectivity index (χ1n) is 13.5. The van der Waals surface area contributed by atoms with Crippen molar-refractivity contribution in [2.24, 2.45) is 0 Å². The van der Waals surface area contributed by atoms with Crippen LogP contribution < -0.4 is 0 Å². The third-order valence-corrected chi connectivity index (χ3v) is 6.56. The summed E-state index contributed by atoms with van der Waals surface area (Å²) in [7, 11) is 0. The zero-order valence-electron chi connectivity index (χ0n) is 23.7. The molecule has 0 spiro atoms.